The van der Waals surface area contributed by atoms with Gasteiger partial charge in [0.15, 0.2) is 5.13 Å². The van der Waals surface area contributed by atoms with E-state index < -0.39 is 0 Å². The molecule has 138 valence electrons. The van der Waals surface area contributed by atoms with Gasteiger partial charge in [0.05, 0.1) is 5.69 Å². The Bertz CT molecular complexity index is 840. The lowest BCUT2D eigenvalue weighted by atomic mass is 9.77. The largest absolute Gasteiger partial charge is 0.343 e. The van der Waals surface area contributed by atoms with Crippen LogP contribution in [0.15, 0.2) is 12.3 Å². The van der Waals surface area contributed by atoms with Crippen molar-refractivity contribution in [1.29, 1.82) is 0 Å². The second-order valence-corrected chi connectivity index (χ2v) is 8.22. The molecule has 0 unspecified atom stereocenters. The summed E-state index contributed by atoms with van der Waals surface area (Å²) in [6.07, 6.45) is 3.35. The lowest BCUT2D eigenvalue weighted by molar-refractivity contribution is -0.130. The van der Waals surface area contributed by atoms with E-state index in [1.165, 1.54) is 11.3 Å². The van der Waals surface area contributed by atoms with Gasteiger partial charge in [-0.05, 0) is 32.8 Å². The van der Waals surface area contributed by atoms with Gasteiger partial charge in [-0.25, -0.2) is 15.0 Å². The molecule has 26 heavy (non-hydrogen) atoms. The van der Waals surface area contributed by atoms with Crippen LogP contribution in [0.5, 0.6) is 0 Å². The molecule has 3 rings (SSSR count). The summed E-state index contributed by atoms with van der Waals surface area (Å²) in [5, 5.41) is 3.36. The molecule has 1 aliphatic heterocycles. The number of anilines is 1. The fourth-order valence-electron chi connectivity index (χ4n) is 3.14. The van der Waals surface area contributed by atoms with Crippen LogP contribution in [0.2, 0.25) is 0 Å². The number of rotatable bonds is 3. The SMILES string of the molecule is CC(=O)N1CCC(C)(c2cc(C(=O)Nc3ncc(C)s3)nc(C)n2)CC1. The number of likely N-dealkylation sites (tertiary alicyclic amines) is 1. The van der Waals surface area contributed by atoms with Gasteiger partial charge >= 0.3 is 0 Å². The number of carbonyl (C=O) groups excluding carboxylic acids is 2. The summed E-state index contributed by atoms with van der Waals surface area (Å²) in [4.78, 5) is 40.1. The van der Waals surface area contributed by atoms with Crippen LogP contribution in [0.1, 0.15) is 53.6 Å². The summed E-state index contributed by atoms with van der Waals surface area (Å²) in [5.41, 5.74) is 1.02. The Morgan fingerprint density at radius 3 is 2.50 bits per heavy atom. The van der Waals surface area contributed by atoms with Gasteiger partial charge in [-0.2, -0.15) is 0 Å². The number of nitrogens with one attached hydrogen (secondary N) is 1. The molecule has 1 saturated heterocycles. The first-order valence-corrected chi connectivity index (χ1v) is 9.44. The number of aromatic nitrogens is 3. The summed E-state index contributed by atoms with van der Waals surface area (Å²) < 4.78 is 0. The van der Waals surface area contributed by atoms with E-state index in [0.29, 0.717) is 29.7 Å². The van der Waals surface area contributed by atoms with Crippen LogP contribution in [0, 0.1) is 13.8 Å². The number of thiazole rings is 1. The van der Waals surface area contributed by atoms with Crippen LogP contribution in [0.4, 0.5) is 5.13 Å². The topological polar surface area (TPSA) is 88.1 Å². The molecule has 1 N–H and O–H groups in total. The molecule has 0 saturated carbocycles. The van der Waals surface area contributed by atoms with Gasteiger partial charge in [-0.1, -0.05) is 6.92 Å². The van der Waals surface area contributed by atoms with Crippen LogP contribution in [0.3, 0.4) is 0 Å². The first-order valence-electron chi connectivity index (χ1n) is 8.62. The third-order valence-electron chi connectivity index (χ3n) is 4.84. The number of aryl methyl sites for hydroxylation is 2. The van der Waals surface area contributed by atoms with Crippen molar-refractivity contribution in [3.63, 3.8) is 0 Å². The molecule has 3 heterocycles. The quantitative estimate of drug-likeness (QED) is 0.894. The highest BCUT2D eigenvalue weighted by Crippen LogP contribution is 2.34. The Morgan fingerprint density at radius 1 is 1.23 bits per heavy atom. The molecule has 8 heteroatoms. The van der Waals surface area contributed by atoms with Crippen molar-refractivity contribution >= 4 is 28.3 Å². The molecule has 1 fully saturated rings. The Morgan fingerprint density at radius 2 is 1.92 bits per heavy atom. The fourth-order valence-corrected chi connectivity index (χ4v) is 3.80. The Kier molecular flexibility index (Phi) is 5.04. The zero-order valence-electron chi connectivity index (χ0n) is 15.5. The first kappa shape index (κ1) is 18.4. The van der Waals surface area contributed by atoms with Gasteiger partial charge in [0.1, 0.15) is 11.5 Å². The normalized spacial score (nSPS) is 16.4. The number of piperidine rings is 1. The van der Waals surface area contributed by atoms with E-state index >= 15 is 0 Å². The molecule has 0 aromatic carbocycles. The van der Waals surface area contributed by atoms with Crippen LogP contribution in [0.25, 0.3) is 0 Å². The second-order valence-electron chi connectivity index (χ2n) is 6.98. The average Bonchev–Trinajstić information content (AvgIpc) is 2.99. The lowest BCUT2D eigenvalue weighted by Crippen LogP contribution is -2.43. The van der Waals surface area contributed by atoms with E-state index in [9.17, 15) is 9.59 Å². The molecule has 2 aromatic rings. The minimum Gasteiger partial charge on any atom is -0.343 e. The molecule has 0 radical (unpaired) electrons. The molecule has 1 aliphatic rings. The van der Waals surface area contributed by atoms with E-state index in [1.54, 1.807) is 26.1 Å². The molecule has 2 amide bonds. The predicted octanol–water partition coefficient (Wildman–Crippen LogP) is 2.70. The Balaban J connectivity index is 1.81. The minimum absolute atomic E-state index is 0.102. The first-order chi connectivity index (χ1) is 12.3. The van der Waals surface area contributed by atoms with Gasteiger partial charge < -0.3 is 4.90 Å². The second kappa shape index (κ2) is 7.11. The zero-order valence-corrected chi connectivity index (χ0v) is 16.3. The van der Waals surface area contributed by atoms with Gasteiger partial charge in [0.2, 0.25) is 5.91 Å². The highest BCUT2D eigenvalue weighted by Gasteiger charge is 2.34. The Hall–Kier alpha value is -2.35. The molecule has 0 aliphatic carbocycles. The highest BCUT2D eigenvalue weighted by atomic mass is 32.1. The zero-order chi connectivity index (χ0) is 18.9. The predicted molar refractivity (Wildman–Crippen MR) is 100 cm³/mol. The number of carbonyl (C=O) groups is 2. The van der Waals surface area contributed by atoms with Gasteiger partial charge in [-0.3, -0.25) is 14.9 Å². The van der Waals surface area contributed by atoms with Crippen molar-refractivity contribution in [2.24, 2.45) is 0 Å². The van der Waals surface area contributed by atoms with Crippen molar-refractivity contribution in [2.75, 3.05) is 18.4 Å². The minimum atomic E-state index is -0.282. The number of hydrogen-bond donors (Lipinski definition) is 1. The molecule has 2 aromatic heterocycles. The third kappa shape index (κ3) is 3.90. The van der Waals surface area contributed by atoms with Crippen molar-refractivity contribution in [2.45, 2.75) is 46.0 Å². The summed E-state index contributed by atoms with van der Waals surface area (Å²) in [6.45, 7) is 8.87. The molecule has 0 bridgehead atoms. The molecular weight excluding hydrogens is 350 g/mol. The molecule has 0 atom stereocenters. The summed E-state index contributed by atoms with van der Waals surface area (Å²) in [5.74, 6) is 0.388. The summed E-state index contributed by atoms with van der Waals surface area (Å²) in [7, 11) is 0. The van der Waals surface area contributed by atoms with Crippen LogP contribution in [-0.2, 0) is 10.2 Å². The van der Waals surface area contributed by atoms with Crippen LogP contribution >= 0.6 is 11.3 Å². The third-order valence-corrected chi connectivity index (χ3v) is 5.67. The van der Waals surface area contributed by atoms with E-state index in [1.807, 2.05) is 11.8 Å². The van der Waals surface area contributed by atoms with Gasteiger partial charge in [0, 0.05) is 36.5 Å². The molecule has 7 nitrogen and oxygen atoms in total. The van der Waals surface area contributed by atoms with Crippen molar-refractivity contribution in [1.82, 2.24) is 19.9 Å². The van der Waals surface area contributed by atoms with E-state index in [-0.39, 0.29) is 17.2 Å². The maximum Gasteiger partial charge on any atom is 0.276 e. The maximum absolute atomic E-state index is 12.6. The van der Waals surface area contributed by atoms with Gasteiger partial charge in [-0.15, -0.1) is 11.3 Å². The summed E-state index contributed by atoms with van der Waals surface area (Å²) >= 11 is 1.43. The number of hydrogen-bond acceptors (Lipinski definition) is 6. The summed E-state index contributed by atoms with van der Waals surface area (Å²) in [6, 6.07) is 1.77. The average molecular weight is 373 g/mol. The van der Waals surface area contributed by atoms with Crippen molar-refractivity contribution in [3.05, 3.63) is 34.4 Å². The molecule has 0 spiro atoms. The maximum atomic E-state index is 12.6. The van der Waals surface area contributed by atoms with E-state index in [2.05, 4.69) is 27.2 Å². The van der Waals surface area contributed by atoms with Crippen molar-refractivity contribution < 1.29 is 9.59 Å². The van der Waals surface area contributed by atoms with E-state index in [0.717, 1.165) is 23.4 Å². The monoisotopic (exact) mass is 373 g/mol. The number of nitrogens with zero attached hydrogens (tertiary/aromatic N) is 4. The fraction of sp³-hybridized carbons (Fsp3) is 0.500. The van der Waals surface area contributed by atoms with Gasteiger partial charge in [0.25, 0.3) is 5.91 Å². The molecular formula is C18H23N5O2S. The number of amides is 2. The lowest BCUT2D eigenvalue weighted by Gasteiger charge is -2.38. The smallest absolute Gasteiger partial charge is 0.276 e. The Labute approximate surface area is 156 Å². The van der Waals surface area contributed by atoms with Crippen molar-refractivity contribution in [3.8, 4) is 0 Å². The van der Waals surface area contributed by atoms with Crippen LogP contribution in [-0.4, -0.2) is 44.8 Å². The standard InChI is InChI=1S/C18H23N5O2S/c1-11-10-19-17(26-11)22-16(25)14-9-15(21-12(2)20-14)18(4)5-7-23(8-6-18)13(3)24/h9-10H,5-8H2,1-4H3,(H,19,22,25). The van der Waals surface area contributed by atoms with E-state index in [4.69, 9.17) is 0 Å². The van der Waals surface area contributed by atoms with Crippen LogP contribution < -0.4 is 5.32 Å². The highest BCUT2D eigenvalue weighted by molar-refractivity contribution is 7.15.